The van der Waals surface area contributed by atoms with Gasteiger partial charge in [0.1, 0.15) is 0 Å². The second-order valence-corrected chi connectivity index (χ2v) is 6.01. The molecule has 86 valence electrons. The lowest BCUT2D eigenvalue weighted by molar-refractivity contribution is 0.393. The molecule has 1 fully saturated rings. The standard InChI is InChI=1S/C14H19NS/c1-10(13-4-5-16-9-13)15-8-14-7-11-2-3-12(14)6-11/h2-5,9-12,14-15H,6-8H2,1H3. The largest absolute Gasteiger partial charge is 0.310 e. The van der Waals surface area contributed by atoms with E-state index in [2.05, 4.69) is 41.2 Å². The molecular weight excluding hydrogens is 214 g/mol. The molecule has 0 spiro atoms. The van der Waals surface area contributed by atoms with Gasteiger partial charge in [0.2, 0.25) is 0 Å². The zero-order valence-corrected chi connectivity index (χ0v) is 10.5. The van der Waals surface area contributed by atoms with Gasteiger partial charge in [-0.2, -0.15) is 11.3 Å². The molecule has 1 aromatic heterocycles. The van der Waals surface area contributed by atoms with Crippen molar-refractivity contribution in [1.82, 2.24) is 5.32 Å². The van der Waals surface area contributed by atoms with Crippen LogP contribution in [0.1, 0.15) is 31.4 Å². The Labute approximate surface area is 102 Å². The fourth-order valence-electron chi connectivity index (χ4n) is 3.10. The van der Waals surface area contributed by atoms with Gasteiger partial charge in [0.15, 0.2) is 0 Å². The van der Waals surface area contributed by atoms with Crippen LogP contribution in [-0.2, 0) is 0 Å². The lowest BCUT2D eigenvalue weighted by atomic mass is 9.93. The highest BCUT2D eigenvalue weighted by atomic mass is 32.1. The zero-order chi connectivity index (χ0) is 11.0. The quantitative estimate of drug-likeness (QED) is 0.783. The molecule has 1 N–H and O–H groups in total. The highest BCUT2D eigenvalue weighted by Crippen LogP contribution is 2.43. The van der Waals surface area contributed by atoms with Crippen LogP contribution in [0.25, 0.3) is 0 Å². The highest BCUT2D eigenvalue weighted by molar-refractivity contribution is 7.07. The Morgan fingerprint density at radius 2 is 2.38 bits per heavy atom. The Kier molecular flexibility index (Phi) is 2.86. The van der Waals surface area contributed by atoms with Gasteiger partial charge in [0.25, 0.3) is 0 Å². The van der Waals surface area contributed by atoms with Crippen molar-refractivity contribution >= 4 is 11.3 Å². The van der Waals surface area contributed by atoms with Crippen LogP contribution >= 0.6 is 11.3 Å². The molecule has 2 aliphatic rings. The molecule has 16 heavy (non-hydrogen) atoms. The summed E-state index contributed by atoms with van der Waals surface area (Å²) < 4.78 is 0. The topological polar surface area (TPSA) is 12.0 Å². The average Bonchev–Trinajstić information content (AvgIpc) is 3.01. The molecule has 1 saturated carbocycles. The van der Waals surface area contributed by atoms with Crippen molar-refractivity contribution in [1.29, 1.82) is 0 Å². The van der Waals surface area contributed by atoms with Crippen LogP contribution in [0.2, 0.25) is 0 Å². The summed E-state index contributed by atoms with van der Waals surface area (Å²) in [6, 6.07) is 2.73. The number of thiophene rings is 1. The molecule has 1 aromatic rings. The van der Waals surface area contributed by atoms with Crippen molar-refractivity contribution in [3.05, 3.63) is 34.5 Å². The average molecular weight is 233 g/mol. The minimum absolute atomic E-state index is 0.509. The van der Waals surface area contributed by atoms with Gasteiger partial charge in [-0.25, -0.2) is 0 Å². The van der Waals surface area contributed by atoms with Crippen molar-refractivity contribution in [3.8, 4) is 0 Å². The third-order valence-corrected chi connectivity index (χ3v) is 4.85. The molecule has 4 unspecified atom stereocenters. The first-order chi connectivity index (χ1) is 7.83. The summed E-state index contributed by atoms with van der Waals surface area (Å²) in [5.41, 5.74) is 1.43. The van der Waals surface area contributed by atoms with Crippen molar-refractivity contribution in [3.63, 3.8) is 0 Å². The maximum Gasteiger partial charge on any atom is 0.0300 e. The zero-order valence-electron chi connectivity index (χ0n) is 9.73. The maximum absolute atomic E-state index is 3.68. The third kappa shape index (κ3) is 1.96. The Morgan fingerprint density at radius 1 is 1.44 bits per heavy atom. The molecule has 0 radical (unpaired) electrons. The van der Waals surface area contributed by atoms with Gasteiger partial charge in [-0.15, -0.1) is 0 Å². The third-order valence-electron chi connectivity index (χ3n) is 4.15. The fourth-order valence-corrected chi connectivity index (χ4v) is 3.85. The van der Waals surface area contributed by atoms with E-state index in [-0.39, 0.29) is 0 Å². The van der Waals surface area contributed by atoms with Gasteiger partial charge in [-0.05, 0) is 66.5 Å². The summed E-state index contributed by atoms with van der Waals surface area (Å²) >= 11 is 1.79. The number of allylic oxidation sites excluding steroid dienone is 2. The Morgan fingerprint density at radius 3 is 3.00 bits per heavy atom. The monoisotopic (exact) mass is 233 g/mol. The van der Waals surface area contributed by atoms with Crippen molar-refractivity contribution < 1.29 is 0 Å². The van der Waals surface area contributed by atoms with Gasteiger partial charge < -0.3 is 5.32 Å². The number of hydrogen-bond acceptors (Lipinski definition) is 2. The molecule has 3 rings (SSSR count). The predicted molar refractivity (Wildman–Crippen MR) is 69.6 cm³/mol. The van der Waals surface area contributed by atoms with Gasteiger partial charge in [-0.1, -0.05) is 12.2 Å². The van der Waals surface area contributed by atoms with E-state index < -0.39 is 0 Å². The predicted octanol–water partition coefficient (Wildman–Crippen LogP) is 3.61. The smallest absolute Gasteiger partial charge is 0.0300 e. The van der Waals surface area contributed by atoms with Crippen LogP contribution < -0.4 is 5.32 Å². The number of nitrogens with one attached hydrogen (secondary N) is 1. The van der Waals surface area contributed by atoms with Crippen LogP contribution in [0.15, 0.2) is 29.0 Å². The number of rotatable bonds is 4. The van der Waals surface area contributed by atoms with Crippen LogP contribution in [0.3, 0.4) is 0 Å². The summed E-state index contributed by atoms with van der Waals surface area (Å²) in [6.07, 6.45) is 7.68. The summed E-state index contributed by atoms with van der Waals surface area (Å²) in [5, 5.41) is 8.09. The van der Waals surface area contributed by atoms with Crippen molar-refractivity contribution in [2.75, 3.05) is 6.54 Å². The molecule has 0 aromatic carbocycles. The van der Waals surface area contributed by atoms with Crippen molar-refractivity contribution in [2.45, 2.75) is 25.8 Å². The summed E-state index contributed by atoms with van der Waals surface area (Å²) in [6.45, 7) is 3.45. The van der Waals surface area contributed by atoms with Crippen LogP contribution in [0, 0.1) is 17.8 Å². The molecule has 2 bridgehead atoms. The van der Waals surface area contributed by atoms with E-state index in [0.717, 1.165) is 17.8 Å². The second kappa shape index (κ2) is 4.34. The van der Waals surface area contributed by atoms with Gasteiger partial charge in [0.05, 0.1) is 0 Å². The van der Waals surface area contributed by atoms with Gasteiger partial charge >= 0.3 is 0 Å². The number of fused-ring (bicyclic) bond motifs is 2. The van der Waals surface area contributed by atoms with Crippen LogP contribution in [-0.4, -0.2) is 6.54 Å². The summed E-state index contributed by atoms with van der Waals surface area (Å²) in [7, 11) is 0. The minimum atomic E-state index is 0.509. The lowest BCUT2D eigenvalue weighted by Gasteiger charge is -2.21. The second-order valence-electron chi connectivity index (χ2n) is 5.23. The molecule has 2 heteroatoms. The molecule has 1 nitrogen and oxygen atoms in total. The Hall–Kier alpha value is -0.600. The fraction of sp³-hybridized carbons (Fsp3) is 0.571. The van der Waals surface area contributed by atoms with E-state index in [1.807, 2.05) is 0 Å². The van der Waals surface area contributed by atoms with E-state index in [0.29, 0.717) is 6.04 Å². The summed E-state index contributed by atoms with van der Waals surface area (Å²) in [4.78, 5) is 0. The summed E-state index contributed by atoms with van der Waals surface area (Å²) in [5.74, 6) is 2.65. The molecular formula is C14H19NS. The van der Waals surface area contributed by atoms with E-state index >= 15 is 0 Å². The van der Waals surface area contributed by atoms with E-state index in [4.69, 9.17) is 0 Å². The van der Waals surface area contributed by atoms with Gasteiger partial charge in [0, 0.05) is 6.04 Å². The Bertz CT molecular complexity index is 368. The van der Waals surface area contributed by atoms with Gasteiger partial charge in [-0.3, -0.25) is 0 Å². The SMILES string of the molecule is CC(NCC1CC2C=CC1C2)c1ccsc1. The molecule has 0 amide bonds. The first kappa shape index (κ1) is 10.5. The Balaban J connectivity index is 1.52. The number of hydrogen-bond donors (Lipinski definition) is 1. The molecule has 0 saturated heterocycles. The first-order valence-electron chi connectivity index (χ1n) is 6.26. The molecule has 2 aliphatic carbocycles. The van der Waals surface area contributed by atoms with Crippen molar-refractivity contribution in [2.24, 2.45) is 17.8 Å². The minimum Gasteiger partial charge on any atom is -0.310 e. The first-order valence-corrected chi connectivity index (χ1v) is 7.21. The van der Waals surface area contributed by atoms with E-state index in [1.54, 1.807) is 11.3 Å². The lowest BCUT2D eigenvalue weighted by Crippen LogP contribution is -2.27. The molecule has 0 aliphatic heterocycles. The normalized spacial score (nSPS) is 33.4. The van der Waals surface area contributed by atoms with Crippen LogP contribution in [0.5, 0.6) is 0 Å². The maximum atomic E-state index is 3.68. The molecule has 4 atom stereocenters. The molecule has 1 heterocycles. The van der Waals surface area contributed by atoms with E-state index in [9.17, 15) is 0 Å². The highest BCUT2D eigenvalue weighted by Gasteiger charge is 2.35. The van der Waals surface area contributed by atoms with Crippen LogP contribution in [0.4, 0.5) is 0 Å². The van der Waals surface area contributed by atoms with E-state index in [1.165, 1.54) is 24.9 Å².